The van der Waals surface area contributed by atoms with Crippen LogP contribution in [0.25, 0.3) is 0 Å². The molecule has 18 heavy (non-hydrogen) atoms. The van der Waals surface area contributed by atoms with E-state index in [2.05, 4.69) is 45.0 Å². The summed E-state index contributed by atoms with van der Waals surface area (Å²) in [6, 6.07) is 0.415. The summed E-state index contributed by atoms with van der Waals surface area (Å²) in [5, 5.41) is 7.99. The van der Waals surface area contributed by atoms with Gasteiger partial charge in [0.1, 0.15) is 5.82 Å². The second kappa shape index (κ2) is 6.12. The van der Waals surface area contributed by atoms with Crippen LogP contribution in [0.15, 0.2) is 0 Å². The minimum absolute atomic E-state index is 0.358. The predicted octanol–water partition coefficient (Wildman–Crippen LogP) is 3.36. The van der Waals surface area contributed by atoms with Crippen molar-refractivity contribution in [3.63, 3.8) is 0 Å². The smallest absolute Gasteiger partial charge is 0.147 e. The van der Waals surface area contributed by atoms with Gasteiger partial charge in [-0.3, -0.25) is 4.68 Å². The van der Waals surface area contributed by atoms with Crippen LogP contribution in [-0.2, 0) is 7.05 Å². The Morgan fingerprint density at radius 1 is 1.28 bits per heavy atom. The molecule has 0 radical (unpaired) electrons. The van der Waals surface area contributed by atoms with Crippen LogP contribution in [0.2, 0.25) is 0 Å². The van der Waals surface area contributed by atoms with Crippen molar-refractivity contribution >= 4 is 11.5 Å². The van der Waals surface area contributed by atoms with Gasteiger partial charge in [0.05, 0.1) is 11.4 Å². The Morgan fingerprint density at radius 3 is 2.33 bits per heavy atom. The number of rotatable bonds is 6. The molecule has 0 saturated heterocycles. The second-order valence-corrected chi connectivity index (χ2v) is 5.72. The van der Waals surface area contributed by atoms with Gasteiger partial charge in [-0.1, -0.05) is 34.1 Å². The number of aryl methyl sites for hydroxylation is 1. The van der Waals surface area contributed by atoms with Crippen molar-refractivity contribution in [1.29, 1.82) is 0 Å². The number of nitrogens with one attached hydrogen (secondary N) is 1. The van der Waals surface area contributed by atoms with Crippen LogP contribution in [0.1, 0.15) is 59.1 Å². The zero-order valence-electron chi connectivity index (χ0n) is 12.6. The maximum atomic E-state index is 6.17. The van der Waals surface area contributed by atoms with Crippen molar-refractivity contribution in [3.05, 3.63) is 5.69 Å². The van der Waals surface area contributed by atoms with Crippen LogP contribution in [-0.4, -0.2) is 15.8 Å². The molecule has 0 aliphatic heterocycles. The maximum Gasteiger partial charge on any atom is 0.147 e. The highest BCUT2D eigenvalue weighted by molar-refractivity contribution is 5.66. The fourth-order valence-corrected chi connectivity index (χ4v) is 2.22. The lowest BCUT2D eigenvalue weighted by molar-refractivity contribution is 0.482. The molecule has 2 atom stereocenters. The van der Waals surface area contributed by atoms with Crippen LogP contribution < -0.4 is 11.1 Å². The largest absolute Gasteiger partial charge is 0.394 e. The van der Waals surface area contributed by atoms with Gasteiger partial charge >= 0.3 is 0 Å². The molecule has 0 aromatic carbocycles. The molecule has 3 N–H and O–H groups in total. The molecule has 1 heterocycles. The summed E-state index contributed by atoms with van der Waals surface area (Å²) in [6.45, 7) is 10.9. The summed E-state index contributed by atoms with van der Waals surface area (Å²) in [5.41, 5.74) is 7.95. The maximum absolute atomic E-state index is 6.17. The summed E-state index contributed by atoms with van der Waals surface area (Å²) in [6.07, 6.45) is 2.36. The van der Waals surface area contributed by atoms with Crippen molar-refractivity contribution in [1.82, 2.24) is 9.78 Å². The Labute approximate surface area is 111 Å². The first-order valence-electron chi connectivity index (χ1n) is 6.95. The molecule has 0 fully saturated rings. The van der Waals surface area contributed by atoms with E-state index in [-0.39, 0.29) is 0 Å². The SMILES string of the molecule is CCC(C)CC(C)Nc1c(N)c(C(C)C)nn1C. The molecular formula is C14H28N4. The van der Waals surface area contributed by atoms with Gasteiger partial charge < -0.3 is 11.1 Å². The number of hydrogen-bond donors (Lipinski definition) is 2. The first-order valence-corrected chi connectivity index (χ1v) is 6.95. The minimum Gasteiger partial charge on any atom is -0.394 e. The van der Waals surface area contributed by atoms with Crippen LogP contribution in [0, 0.1) is 5.92 Å². The molecule has 1 aromatic heterocycles. The lowest BCUT2D eigenvalue weighted by Gasteiger charge is -2.19. The van der Waals surface area contributed by atoms with Gasteiger partial charge in [0.15, 0.2) is 0 Å². The molecule has 1 rings (SSSR count). The van der Waals surface area contributed by atoms with E-state index >= 15 is 0 Å². The third-order valence-electron chi connectivity index (χ3n) is 3.50. The number of nitrogens with zero attached hydrogens (tertiary/aromatic N) is 2. The highest BCUT2D eigenvalue weighted by Crippen LogP contribution is 2.28. The van der Waals surface area contributed by atoms with E-state index < -0.39 is 0 Å². The van der Waals surface area contributed by atoms with Crippen LogP contribution in [0.3, 0.4) is 0 Å². The standard InChI is InChI=1S/C14H28N4/c1-7-10(4)8-11(5)16-14-12(15)13(9(2)3)17-18(14)6/h9-11,16H,7-8,15H2,1-6H3. The van der Waals surface area contributed by atoms with Gasteiger partial charge in [0, 0.05) is 13.1 Å². The Morgan fingerprint density at radius 2 is 1.89 bits per heavy atom. The van der Waals surface area contributed by atoms with Gasteiger partial charge in [0.25, 0.3) is 0 Å². The van der Waals surface area contributed by atoms with E-state index in [9.17, 15) is 0 Å². The van der Waals surface area contributed by atoms with Crippen LogP contribution in [0.5, 0.6) is 0 Å². The fourth-order valence-electron chi connectivity index (χ4n) is 2.22. The topological polar surface area (TPSA) is 55.9 Å². The average Bonchev–Trinajstić information content (AvgIpc) is 2.56. The summed E-state index contributed by atoms with van der Waals surface area (Å²) in [7, 11) is 1.94. The summed E-state index contributed by atoms with van der Waals surface area (Å²) in [4.78, 5) is 0. The zero-order valence-corrected chi connectivity index (χ0v) is 12.6. The summed E-state index contributed by atoms with van der Waals surface area (Å²) in [5.74, 6) is 2.04. The molecular weight excluding hydrogens is 224 g/mol. The quantitative estimate of drug-likeness (QED) is 0.816. The second-order valence-electron chi connectivity index (χ2n) is 5.72. The van der Waals surface area contributed by atoms with E-state index in [1.807, 2.05) is 11.7 Å². The van der Waals surface area contributed by atoms with E-state index in [1.165, 1.54) is 6.42 Å². The molecule has 0 aliphatic rings. The van der Waals surface area contributed by atoms with Crippen molar-refractivity contribution < 1.29 is 0 Å². The Kier molecular flexibility index (Phi) is 5.05. The molecule has 0 aliphatic carbocycles. The van der Waals surface area contributed by atoms with Crippen LogP contribution >= 0.6 is 0 Å². The first kappa shape index (κ1) is 14.9. The lowest BCUT2D eigenvalue weighted by atomic mass is 10.0. The number of nitrogens with two attached hydrogens (primary N) is 1. The number of hydrogen-bond acceptors (Lipinski definition) is 3. The molecule has 0 saturated carbocycles. The molecule has 4 nitrogen and oxygen atoms in total. The molecule has 0 bridgehead atoms. The van der Waals surface area contributed by atoms with Gasteiger partial charge in [-0.05, 0) is 25.2 Å². The highest BCUT2D eigenvalue weighted by atomic mass is 15.3. The molecule has 0 spiro atoms. The number of nitrogen functional groups attached to an aromatic ring is 1. The molecule has 1 aromatic rings. The van der Waals surface area contributed by atoms with Crippen molar-refractivity contribution in [3.8, 4) is 0 Å². The van der Waals surface area contributed by atoms with Gasteiger partial charge in [-0.25, -0.2) is 0 Å². The molecule has 0 amide bonds. The van der Waals surface area contributed by atoms with Gasteiger partial charge in [0.2, 0.25) is 0 Å². The Bertz CT molecular complexity index is 381. The predicted molar refractivity (Wildman–Crippen MR) is 78.9 cm³/mol. The van der Waals surface area contributed by atoms with Crippen molar-refractivity contribution in [2.75, 3.05) is 11.1 Å². The first-order chi connectivity index (χ1) is 8.36. The summed E-state index contributed by atoms with van der Waals surface area (Å²) >= 11 is 0. The third-order valence-corrected chi connectivity index (χ3v) is 3.50. The zero-order chi connectivity index (χ0) is 13.9. The Hall–Kier alpha value is -1.19. The molecule has 4 heteroatoms. The van der Waals surface area contributed by atoms with Gasteiger partial charge in [-0.15, -0.1) is 0 Å². The average molecular weight is 252 g/mol. The lowest BCUT2D eigenvalue weighted by Crippen LogP contribution is -2.20. The number of aromatic nitrogens is 2. The minimum atomic E-state index is 0.358. The molecule has 104 valence electrons. The highest BCUT2D eigenvalue weighted by Gasteiger charge is 2.17. The number of anilines is 2. The Balaban J connectivity index is 2.78. The monoisotopic (exact) mass is 252 g/mol. The van der Waals surface area contributed by atoms with Crippen molar-refractivity contribution in [2.45, 2.75) is 59.4 Å². The van der Waals surface area contributed by atoms with E-state index in [0.29, 0.717) is 12.0 Å². The molecule has 2 unspecified atom stereocenters. The van der Waals surface area contributed by atoms with Gasteiger partial charge in [-0.2, -0.15) is 5.10 Å². The van der Waals surface area contributed by atoms with Crippen molar-refractivity contribution in [2.24, 2.45) is 13.0 Å². The third kappa shape index (κ3) is 3.40. The van der Waals surface area contributed by atoms with Crippen LogP contribution in [0.4, 0.5) is 11.5 Å². The normalized spacial score (nSPS) is 14.8. The van der Waals surface area contributed by atoms with E-state index in [4.69, 9.17) is 5.73 Å². The van der Waals surface area contributed by atoms with E-state index in [0.717, 1.165) is 29.5 Å². The fraction of sp³-hybridized carbons (Fsp3) is 0.786. The summed E-state index contributed by atoms with van der Waals surface area (Å²) < 4.78 is 1.86. The van der Waals surface area contributed by atoms with E-state index in [1.54, 1.807) is 0 Å².